The van der Waals surface area contributed by atoms with Crippen molar-refractivity contribution in [3.8, 4) is 11.4 Å². The fourth-order valence-electron chi connectivity index (χ4n) is 4.08. The van der Waals surface area contributed by atoms with Crippen molar-refractivity contribution in [2.75, 3.05) is 18.0 Å². The Balaban J connectivity index is 1.66. The number of aromatic amines is 1. The Kier molecular flexibility index (Phi) is 4.81. The van der Waals surface area contributed by atoms with Gasteiger partial charge < -0.3 is 4.90 Å². The molecule has 1 fully saturated rings. The molecule has 3 aromatic rings. The Hall–Kier alpha value is -2.50. The maximum absolute atomic E-state index is 14.6. The summed E-state index contributed by atoms with van der Waals surface area (Å²) in [6, 6.07) is 7.00. The zero-order valence-electron chi connectivity index (χ0n) is 16.1. The van der Waals surface area contributed by atoms with Crippen molar-refractivity contribution >= 4 is 16.9 Å². The molecule has 0 aromatic carbocycles. The number of anilines is 1. The second-order valence-corrected chi connectivity index (χ2v) is 8.07. The van der Waals surface area contributed by atoms with Gasteiger partial charge in [-0.25, -0.2) is 14.4 Å². The largest absolute Gasteiger partial charge is 0.356 e. The molecule has 0 spiro atoms. The number of pyridine rings is 2. The van der Waals surface area contributed by atoms with Crippen molar-refractivity contribution in [1.29, 1.82) is 0 Å². The van der Waals surface area contributed by atoms with E-state index in [0.717, 1.165) is 30.7 Å². The highest BCUT2D eigenvalue weighted by Crippen LogP contribution is 2.33. The predicted octanol–water partition coefficient (Wildman–Crippen LogP) is 4.67. The van der Waals surface area contributed by atoms with Crippen LogP contribution in [0.15, 0.2) is 30.5 Å². The first-order valence-electron chi connectivity index (χ1n) is 9.74. The van der Waals surface area contributed by atoms with E-state index >= 15 is 0 Å². The van der Waals surface area contributed by atoms with E-state index in [1.54, 1.807) is 12.3 Å². The lowest BCUT2D eigenvalue weighted by molar-refractivity contribution is 0.257. The molecule has 1 N–H and O–H groups in total. The van der Waals surface area contributed by atoms with Gasteiger partial charge in [-0.3, -0.25) is 5.10 Å². The molecule has 0 amide bonds. The number of piperidine rings is 1. The van der Waals surface area contributed by atoms with E-state index < -0.39 is 0 Å². The molecule has 1 aliphatic rings. The van der Waals surface area contributed by atoms with Crippen molar-refractivity contribution in [3.05, 3.63) is 36.3 Å². The molecule has 0 bridgehead atoms. The zero-order valence-corrected chi connectivity index (χ0v) is 16.1. The Morgan fingerprint density at radius 2 is 2.11 bits per heavy atom. The van der Waals surface area contributed by atoms with Crippen LogP contribution in [0.3, 0.4) is 0 Å². The summed E-state index contributed by atoms with van der Waals surface area (Å²) < 4.78 is 14.6. The van der Waals surface area contributed by atoms with E-state index in [1.165, 1.54) is 12.5 Å². The van der Waals surface area contributed by atoms with E-state index in [1.807, 2.05) is 12.1 Å². The Morgan fingerprint density at radius 3 is 2.93 bits per heavy atom. The second-order valence-electron chi connectivity index (χ2n) is 8.07. The molecule has 0 aliphatic carbocycles. The molecular formula is C21H26FN5. The molecule has 1 aliphatic heterocycles. The summed E-state index contributed by atoms with van der Waals surface area (Å²) in [5, 5.41) is 7.92. The first-order chi connectivity index (χ1) is 13.0. The fraction of sp³-hybridized carbons (Fsp3) is 0.476. The topological polar surface area (TPSA) is 57.7 Å². The number of aromatic nitrogens is 4. The monoisotopic (exact) mass is 367 g/mol. The summed E-state index contributed by atoms with van der Waals surface area (Å²) in [5.74, 6) is 2.50. The van der Waals surface area contributed by atoms with Crippen LogP contribution < -0.4 is 4.90 Å². The van der Waals surface area contributed by atoms with Crippen LogP contribution in [0.4, 0.5) is 10.2 Å². The summed E-state index contributed by atoms with van der Waals surface area (Å²) in [6.07, 6.45) is 4.04. The number of hydrogen-bond acceptors (Lipinski definition) is 4. The molecule has 4 rings (SSSR count). The Labute approximate surface area is 159 Å². The third-order valence-corrected chi connectivity index (χ3v) is 5.60. The fourth-order valence-corrected chi connectivity index (χ4v) is 4.08. The first kappa shape index (κ1) is 17.9. The maximum Gasteiger partial charge on any atom is 0.155 e. The number of nitrogens with one attached hydrogen (secondary N) is 1. The van der Waals surface area contributed by atoms with Crippen LogP contribution in [0, 0.1) is 23.6 Å². The van der Waals surface area contributed by atoms with Crippen LogP contribution in [-0.2, 0) is 0 Å². The van der Waals surface area contributed by atoms with Crippen molar-refractivity contribution in [1.82, 2.24) is 20.2 Å². The Bertz CT molecular complexity index is 935. The van der Waals surface area contributed by atoms with Gasteiger partial charge in [-0.05, 0) is 54.9 Å². The van der Waals surface area contributed by atoms with Crippen LogP contribution in [-0.4, -0.2) is 33.3 Å². The first-order valence-corrected chi connectivity index (χ1v) is 9.74. The van der Waals surface area contributed by atoms with Gasteiger partial charge in [0.05, 0.1) is 0 Å². The van der Waals surface area contributed by atoms with E-state index in [0.29, 0.717) is 29.1 Å². The number of nitrogens with zero attached hydrogens (tertiary/aromatic N) is 4. The molecule has 3 aromatic heterocycles. The van der Waals surface area contributed by atoms with Gasteiger partial charge in [0.25, 0.3) is 0 Å². The molecule has 5 nitrogen and oxygen atoms in total. The van der Waals surface area contributed by atoms with Crippen LogP contribution in [0.5, 0.6) is 0 Å². The number of rotatable bonds is 4. The third-order valence-electron chi connectivity index (χ3n) is 5.60. The third kappa shape index (κ3) is 3.53. The van der Waals surface area contributed by atoms with Gasteiger partial charge in [-0.15, -0.1) is 0 Å². The van der Waals surface area contributed by atoms with Crippen molar-refractivity contribution in [3.63, 3.8) is 0 Å². The summed E-state index contributed by atoms with van der Waals surface area (Å²) in [6.45, 7) is 8.82. The molecule has 142 valence electrons. The highest BCUT2D eigenvalue weighted by Gasteiger charge is 2.28. The van der Waals surface area contributed by atoms with E-state index in [2.05, 4.69) is 45.8 Å². The minimum Gasteiger partial charge on any atom is -0.356 e. The van der Waals surface area contributed by atoms with Crippen molar-refractivity contribution in [2.24, 2.45) is 17.8 Å². The van der Waals surface area contributed by atoms with Gasteiger partial charge in [0.1, 0.15) is 17.2 Å². The van der Waals surface area contributed by atoms with Gasteiger partial charge in [-0.1, -0.05) is 20.8 Å². The lowest BCUT2D eigenvalue weighted by atomic mass is 9.81. The van der Waals surface area contributed by atoms with E-state index in [4.69, 9.17) is 0 Å². The molecule has 6 heteroatoms. The van der Waals surface area contributed by atoms with Crippen LogP contribution >= 0.6 is 0 Å². The molecular weight excluding hydrogens is 341 g/mol. The lowest BCUT2D eigenvalue weighted by Crippen LogP contribution is -2.40. The number of hydrogen-bond donors (Lipinski definition) is 1. The molecule has 0 saturated carbocycles. The Morgan fingerprint density at radius 1 is 1.26 bits per heavy atom. The number of H-pyrrole nitrogens is 1. The second kappa shape index (κ2) is 7.25. The standard InChI is InChI=1S/C21H26FN5/c1-13(2)11-15-12-27(10-8-14(15)3)18-7-6-17(22)20(24-18)19-16-5-4-9-23-21(16)26-25-19/h4-7,9,13-15H,8,10-12H2,1-3H3,(H,23,25,26)/t14?,15-/m0/s1. The van der Waals surface area contributed by atoms with Crippen LogP contribution in [0.1, 0.15) is 33.6 Å². The van der Waals surface area contributed by atoms with E-state index in [9.17, 15) is 4.39 Å². The van der Waals surface area contributed by atoms with Crippen molar-refractivity contribution < 1.29 is 4.39 Å². The predicted molar refractivity (Wildman–Crippen MR) is 106 cm³/mol. The lowest BCUT2D eigenvalue weighted by Gasteiger charge is -2.38. The molecule has 1 saturated heterocycles. The highest BCUT2D eigenvalue weighted by molar-refractivity contribution is 5.89. The molecule has 0 radical (unpaired) electrons. The molecule has 4 heterocycles. The molecule has 2 atom stereocenters. The highest BCUT2D eigenvalue weighted by atomic mass is 19.1. The average Bonchev–Trinajstić information content (AvgIpc) is 3.08. The van der Waals surface area contributed by atoms with Gasteiger partial charge >= 0.3 is 0 Å². The van der Waals surface area contributed by atoms with Crippen LogP contribution in [0.25, 0.3) is 22.4 Å². The van der Waals surface area contributed by atoms with Gasteiger partial charge in [0.15, 0.2) is 11.5 Å². The quantitative estimate of drug-likeness (QED) is 0.728. The summed E-state index contributed by atoms with van der Waals surface area (Å²) in [7, 11) is 0. The minimum absolute atomic E-state index is 0.283. The smallest absolute Gasteiger partial charge is 0.155 e. The van der Waals surface area contributed by atoms with Gasteiger partial charge in [0.2, 0.25) is 0 Å². The summed E-state index contributed by atoms with van der Waals surface area (Å²) in [4.78, 5) is 11.2. The van der Waals surface area contributed by atoms with Crippen molar-refractivity contribution in [2.45, 2.75) is 33.6 Å². The minimum atomic E-state index is -0.361. The van der Waals surface area contributed by atoms with E-state index in [-0.39, 0.29) is 11.5 Å². The summed E-state index contributed by atoms with van der Waals surface area (Å²) >= 11 is 0. The summed E-state index contributed by atoms with van der Waals surface area (Å²) in [5.41, 5.74) is 1.44. The van der Waals surface area contributed by atoms with Gasteiger partial charge in [-0.2, -0.15) is 5.10 Å². The number of halogens is 1. The SMILES string of the molecule is CC(C)C[C@H]1CN(c2ccc(F)c(-c3n[nH]c4ncccc34)n2)CCC1C. The van der Waals surface area contributed by atoms with Crippen LogP contribution in [0.2, 0.25) is 0 Å². The number of fused-ring (bicyclic) bond motifs is 1. The van der Waals surface area contributed by atoms with Gasteiger partial charge in [0, 0.05) is 24.7 Å². The molecule has 1 unspecified atom stereocenters. The average molecular weight is 367 g/mol. The maximum atomic E-state index is 14.6. The molecule has 27 heavy (non-hydrogen) atoms. The zero-order chi connectivity index (χ0) is 19.0. The normalized spacial score (nSPS) is 20.6.